The highest BCUT2D eigenvalue weighted by Gasteiger charge is 2.26. The molecular formula is C19H22N4O2. The Bertz CT molecular complexity index is 863. The standard InChI is InChI=1S/C19H22N4O2/c1-22-13-21-15-11-14(6-7-16(15)22)19(24)20-12-17(18-5-4-10-25-18)23-8-2-3-9-23/h4-7,10-11,13,17H,2-3,8-9,12H2,1H3,(H,20,24)/t17-/m0/s1. The van der Waals surface area contributed by atoms with Crippen molar-refractivity contribution < 1.29 is 9.21 Å². The van der Waals surface area contributed by atoms with Crippen LogP contribution in [-0.4, -0.2) is 40.0 Å². The maximum Gasteiger partial charge on any atom is 0.251 e. The van der Waals surface area contributed by atoms with Crippen LogP contribution in [-0.2, 0) is 7.05 Å². The maximum absolute atomic E-state index is 12.6. The lowest BCUT2D eigenvalue weighted by atomic mass is 10.1. The summed E-state index contributed by atoms with van der Waals surface area (Å²) < 4.78 is 7.54. The van der Waals surface area contributed by atoms with E-state index in [1.165, 1.54) is 12.8 Å². The molecule has 4 rings (SSSR count). The molecule has 0 saturated carbocycles. The molecule has 0 aliphatic carbocycles. The molecule has 2 aromatic heterocycles. The van der Waals surface area contributed by atoms with Crippen LogP contribution in [0.4, 0.5) is 0 Å². The van der Waals surface area contributed by atoms with E-state index < -0.39 is 0 Å². The number of imidazole rings is 1. The van der Waals surface area contributed by atoms with Crippen molar-refractivity contribution in [1.29, 1.82) is 0 Å². The molecule has 0 spiro atoms. The molecule has 3 heterocycles. The number of fused-ring (bicyclic) bond motifs is 1. The molecule has 1 aromatic carbocycles. The SMILES string of the molecule is Cn1cnc2cc(C(=O)NC[C@@H](c3ccco3)N3CCCC3)ccc21. The molecule has 1 saturated heterocycles. The largest absolute Gasteiger partial charge is 0.468 e. The number of rotatable bonds is 5. The van der Waals surface area contributed by atoms with Gasteiger partial charge in [-0.2, -0.15) is 0 Å². The fourth-order valence-corrected chi connectivity index (χ4v) is 3.51. The van der Waals surface area contributed by atoms with Gasteiger partial charge in [-0.3, -0.25) is 9.69 Å². The van der Waals surface area contributed by atoms with Crippen molar-refractivity contribution in [2.75, 3.05) is 19.6 Å². The highest BCUT2D eigenvalue weighted by Crippen LogP contribution is 2.25. The number of aromatic nitrogens is 2. The van der Waals surface area contributed by atoms with Crippen molar-refractivity contribution in [2.24, 2.45) is 7.05 Å². The first-order valence-corrected chi connectivity index (χ1v) is 8.69. The van der Waals surface area contributed by atoms with Gasteiger partial charge in [0.25, 0.3) is 5.91 Å². The van der Waals surface area contributed by atoms with Crippen molar-refractivity contribution in [1.82, 2.24) is 19.8 Å². The summed E-state index contributed by atoms with van der Waals surface area (Å²) in [5.41, 5.74) is 2.48. The Morgan fingerprint density at radius 3 is 2.92 bits per heavy atom. The van der Waals surface area contributed by atoms with Crippen molar-refractivity contribution in [3.63, 3.8) is 0 Å². The van der Waals surface area contributed by atoms with Gasteiger partial charge < -0.3 is 14.3 Å². The fourth-order valence-electron chi connectivity index (χ4n) is 3.51. The van der Waals surface area contributed by atoms with Crippen LogP contribution in [0.5, 0.6) is 0 Å². The highest BCUT2D eigenvalue weighted by molar-refractivity contribution is 5.97. The predicted molar refractivity (Wildman–Crippen MR) is 95.3 cm³/mol. The molecule has 0 radical (unpaired) electrons. The van der Waals surface area contributed by atoms with E-state index in [1.807, 2.05) is 41.9 Å². The van der Waals surface area contributed by atoms with Gasteiger partial charge in [0, 0.05) is 19.2 Å². The minimum absolute atomic E-state index is 0.0803. The van der Waals surface area contributed by atoms with Crippen molar-refractivity contribution >= 4 is 16.9 Å². The highest BCUT2D eigenvalue weighted by atomic mass is 16.3. The van der Waals surface area contributed by atoms with Gasteiger partial charge in [-0.05, 0) is 56.3 Å². The van der Waals surface area contributed by atoms with Gasteiger partial charge in [-0.25, -0.2) is 4.98 Å². The van der Waals surface area contributed by atoms with E-state index >= 15 is 0 Å². The van der Waals surface area contributed by atoms with Gasteiger partial charge in [0.05, 0.1) is 29.7 Å². The number of amides is 1. The minimum Gasteiger partial charge on any atom is -0.468 e. The molecule has 3 aromatic rings. The Labute approximate surface area is 146 Å². The van der Waals surface area contributed by atoms with Crippen LogP contribution >= 0.6 is 0 Å². The second kappa shape index (κ2) is 6.72. The van der Waals surface area contributed by atoms with E-state index in [4.69, 9.17) is 4.42 Å². The molecule has 6 heteroatoms. The smallest absolute Gasteiger partial charge is 0.251 e. The zero-order chi connectivity index (χ0) is 17.2. The maximum atomic E-state index is 12.6. The van der Waals surface area contributed by atoms with E-state index in [-0.39, 0.29) is 11.9 Å². The third kappa shape index (κ3) is 3.17. The Balaban J connectivity index is 1.48. The molecule has 1 aliphatic rings. The van der Waals surface area contributed by atoms with Gasteiger partial charge in [0.1, 0.15) is 5.76 Å². The van der Waals surface area contributed by atoms with Gasteiger partial charge in [0.15, 0.2) is 0 Å². The molecule has 0 unspecified atom stereocenters. The third-order valence-electron chi connectivity index (χ3n) is 4.90. The lowest BCUT2D eigenvalue weighted by Crippen LogP contribution is -2.36. The van der Waals surface area contributed by atoms with Crippen LogP contribution < -0.4 is 5.32 Å². The summed E-state index contributed by atoms with van der Waals surface area (Å²) in [4.78, 5) is 19.3. The van der Waals surface area contributed by atoms with Crippen LogP contribution in [0.15, 0.2) is 47.3 Å². The molecule has 1 N–H and O–H groups in total. The average Bonchev–Trinajstić information content (AvgIpc) is 3.37. The van der Waals surface area contributed by atoms with Crippen molar-refractivity contribution in [3.05, 3.63) is 54.2 Å². The Kier molecular flexibility index (Phi) is 4.28. The molecule has 1 amide bonds. The van der Waals surface area contributed by atoms with E-state index in [1.54, 1.807) is 12.6 Å². The number of aryl methyl sites for hydroxylation is 1. The number of benzene rings is 1. The summed E-state index contributed by atoms with van der Waals surface area (Å²) in [7, 11) is 1.94. The summed E-state index contributed by atoms with van der Waals surface area (Å²) in [6.07, 6.45) is 5.84. The second-order valence-corrected chi connectivity index (χ2v) is 6.54. The average molecular weight is 338 g/mol. The van der Waals surface area contributed by atoms with E-state index in [2.05, 4.69) is 15.2 Å². The molecule has 1 aliphatic heterocycles. The number of nitrogens with one attached hydrogen (secondary N) is 1. The molecule has 6 nitrogen and oxygen atoms in total. The number of nitrogens with zero attached hydrogens (tertiary/aromatic N) is 3. The van der Waals surface area contributed by atoms with Crippen LogP contribution in [0.3, 0.4) is 0 Å². The molecule has 1 atom stereocenters. The number of likely N-dealkylation sites (tertiary alicyclic amines) is 1. The van der Waals surface area contributed by atoms with Crippen LogP contribution in [0.2, 0.25) is 0 Å². The minimum atomic E-state index is -0.0803. The number of hydrogen-bond donors (Lipinski definition) is 1. The van der Waals surface area contributed by atoms with Crippen molar-refractivity contribution in [2.45, 2.75) is 18.9 Å². The number of furan rings is 1. The number of carbonyl (C=O) groups excluding carboxylic acids is 1. The van der Waals surface area contributed by atoms with Crippen LogP contribution in [0.1, 0.15) is 35.0 Å². The molecular weight excluding hydrogens is 316 g/mol. The summed E-state index contributed by atoms with van der Waals surface area (Å²) >= 11 is 0. The zero-order valence-corrected chi connectivity index (χ0v) is 14.3. The van der Waals surface area contributed by atoms with E-state index in [0.717, 1.165) is 29.9 Å². The Morgan fingerprint density at radius 1 is 1.32 bits per heavy atom. The van der Waals surface area contributed by atoms with Crippen LogP contribution in [0, 0.1) is 0 Å². The quantitative estimate of drug-likeness (QED) is 0.777. The third-order valence-corrected chi connectivity index (χ3v) is 4.90. The summed E-state index contributed by atoms with van der Waals surface area (Å²) in [6, 6.07) is 9.57. The van der Waals surface area contributed by atoms with Gasteiger partial charge in [-0.1, -0.05) is 0 Å². The first-order chi connectivity index (χ1) is 12.2. The molecule has 130 valence electrons. The summed E-state index contributed by atoms with van der Waals surface area (Å²) in [5.74, 6) is 0.825. The van der Waals surface area contributed by atoms with Crippen molar-refractivity contribution in [3.8, 4) is 0 Å². The molecule has 0 bridgehead atoms. The first kappa shape index (κ1) is 15.9. The fraction of sp³-hybridized carbons (Fsp3) is 0.368. The first-order valence-electron chi connectivity index (χ1n) is 8.69. The lowest BCUT2D eigenvalue weighted by Gasteiger charge is -2.26. The Morgan fingerprint density at radius 2 is 2.16 bits per heavy atom. The molecule has 25 heavy (non-hydrogen) atoms. The normalized spacial score (nSPS) is 16.4. The summed E-state index contributed by atoms with van der Waals surface area (Å²) in [6.45, 7) is 2.62. The van der Waals surface area contributed by atoms with E-state index in [0.29, 0.717) is 12.1 Å². The Hall–Kier alpha value is -2.60. The van der Waals surface area contributed by atoms with Gasteiger partial charge in [0.2, 0.25) is 0 Å². The molecule has 1 fully saturated rings. The predicted octanol–water partition coefficient (Wildman–Crippen LogP) is 2.73. The monoisotopic (exact) mass is 338 g/mol. The van der Waals surface area contributed by atoms with Gasteiger partial charge >= 0.3 is 0 Å². The van der Waals surface area contributed by atoms with Crippen LogP contribution in [0.25, 0.3) is 11.0 Å². The zero-order valence-electron chi connectivity index (χ0n) is 14.3. The summed E-state index contributed by atoms with van der Waals surface area (Å²) in [5, 5.41) is 3.06. The number of carbonyl (C=O) groups is 1. The topological polar surface area (TPSA) is 63.3 Å². The lowest BCUT2D eigenvalue weighted by molar-refractivity contribution is 0.0934. The van der Waals surface area contributed by atoms with E-state index in [9.17, 15) is 4.79 Å². The second-order valence-electron chi connectivity index (χ2n) is 6.54. The number of hydrogen-bond acceptors (Lipinski definition) is 4. The van der Waals surface area contributed by atoms with Gasteiger partial charge in [-0.15, -0.1) is 0 Å².